The molecule has 1 fully saturated rings. The number of hydrogen-bond donors (Lipinski definition) is 0. The minimum absolute atomic E-state index is 0.289. The van der Waals surface area contributed by atoms with E-state index in [1.165, 1.54) is 0 Å². The van der Waals surface area contributed by atoms with Crippen LogP contribution in [-0.2, 0) is 17.1 Å². The molecular formula is C14H21ClN2OS. The number of aromatic nitrogens is 1. The summed E-state index contributed by atoms with van der Waals surface area (Å²) in [6.45, 7) is 6.15. The van der Waals surface area contributed by atoms with Gasteiger partial charge in [0.25, 0.3) is 0 Å². The van der Waals surface area contributed by atoms with Gasteiger partial charge in [0, 0.05) is 31.3 Å². The standard InChI is InChI=1S/C14H21ClN2OS/c1-14(2)5-3-13(18)17(8-6-14)7-4-12-16-11(9-15)10-19-12/h10H,3-9H2,1-2H3. The van der Waals surface area contributed by atoms with E-state index in [1.807, 2.05) is 10.3 Å². The Balaban J connectivity index is 1.89. The minimum atomic E-state index is 0.289. The zero-order chi connectivity index (χ0) is 13.9. The molecule has 0 radical (unpaired) electrons. The normalized spacial score (nSPS) is 19.5. The number of thiazole rings is 1. The lowest BCUT2D eigenvalue weighted by atomic mass is 9.85. The lowest BCUT2D eigenvalue weighted by Crippen LogP contribution is -2.32. The van der Waals surface area contributed by atoms with Gasteiger partial charge in [-0.05, 0) is 18.3 Å². The van der Waals surface area contributed by atoms with Crippen molar-refractivity contribution in [3.05, 3.63) is 16.1 Å². The smallest absolute Gasteiger partial charge is 0.222 e. The molecule has 0 aromatic carbocycles. The molecule has 0 N–H and O–H groups in total. The van der Waals surface area contributed by atoms with E-state index in [4.69, 9.17) is 11.6 Å². The predicted molar refractivity (Wildman–Crippen MR) is 79.6 cm³/mol. The van der Waals surface area contributed by atoms with Crippen LogP contribution >= 0.6 is 22.9 Å². The zero-order valence-electron chi connectivity index (χ0n) is 11.6. The largest absolute Gasteiger partial charge is 0.342 e. The Morgan fingerprint density at radius 2 is 2.26 bits per heavy atom. The van der Waals surface area contributed by atoms with E-state index in [1.54, 1.807) is 11.3 Å². The molecule has 1 saturated heterocycles. The molecule has 0 spiro atoms. The molecule has 0 unspecified atom stereocenters. The summed E-state index contributed by atoms with van der Waals surface area (Å²) in [6, 6.07) is 0. The van der Waals surface area contributed by atoms with Crippen molar-refractivity contribution in [2.45, 2.75) is 45.4 Å². The van der Waals surface area contributed by atoms with Crippen molar-refractivity contribution in [1.82, 2.24) is 9.88 Å². The summed E-state index contributed by atoms with van der Waals surface area (Å²) in [5.74, 6) is 0.757. The van der Waals surface area contributed by atoms with Crippen LogP contribution in [0, 0.1) is 5.41 Å². The highest BCUT2D eigenvalue weighted by atomic mass is 35.5. The van der Waals surface area contributed by atoms with Gasteiger partial charge in [0.15, 0.2) is 0 Å². The van der Waals surface area contributed by atoms with Crippen molar-refractivity contribution >= 4 is 28.8 Å². The number of carbonyl (C=O) groups is 1. The van der Waals surface area contributed by atoms with E-state index in [2.05, 4.69) is 18.8 Å². The number of halogens is 1. The Hall–Kier alpha value is -0.610. The van der Waals surface area contributed by atoms with Gasteiger partial charge in [-0.2, -0.15) is 0 Å². The number of likely N-dealkylation sites (tertiary alicyclic amines) is 1. The average molecular weight is 301 g/mol. The van der Waals surface area contributed by atoms with E-state index < -0.39 is 0 Å². The van der Waals surface area contributed by atoms with Crippen molar-refractivity contribution in [2.75, 3.05) is 13.1 Å². The van der Waals surface area contributed by atoms with Crippen LogP contribution in [0.3, 0.4) is 0 Å². The fourth-order valence-electron chi connectivity index (χ4n) is 2.28. The molecule has 1 aliphatic heterocycles. The molecule has 1 aromatic rings. The molecule has 1 aliphatic rings. The van der Waals surface area contributed by atoms with Gasteiger partial charge in [0.1, 0.15) is 0 Å². The molecule has 5 heteroatoms. The molecular weight excluding hydrogens is 280 g/mol. The Bertz CT molecular complexity index is 444. The molecule has 0 atom stereocenters. The lowest BCUT2D eigenvalue weighted by molar-refractivity contribution is -0.130. The number of alkyl halides is 1. The highest BCUT2D eigenvalue weighted by molar-refractivity contribution is 7.09. The lowest BCUT2D eigenvalue weighted by Gasteiger charge is -2.23. The third-order valence-electron chi connectivity index (χ3n) is 3.76. The van der Waals surface area contributed by atoms with Gasteiger partial charge in [-0.15, -0.1) is 22.9 Å². The first kappa shape index (κ1) is 14.8. The van der Waals surface area contributed by atoms with Crippen LogP contribution in [-0.4, -0.2) is 28.9 Å². The van der Waals surface area contributed by atoms with Crippen LogP contribution in [0.4, 0.5) is 0 Å². The second-order valence-electron chi connectivity index (χ2n) is 5.91. The first-order valence-corrected chi connectivity index (χ1v) is 8.19. The fourth-order valence-corrected chi connectivity index (χ4v) is 3.30. The Labute approximate surface area is 124 Å². The number of nitrogens with zero attached hydrogens (tertiary/aromatic N) is 2. The molecule has 19 heavy (non-hydrogen) atoms. The predicted octanol–water partition coefficient (Wildman–Crippen LogP) is 3.46. The van der Waals surface area contributed by atoms with Crippen LogP contribution < -0.4 is 0 Å². The van der Waals surface area contributed by atoms with Crippen molar-refractivity contribution in [3.8, 4) is 0 Å². The van der Waals surface area contributed by atoms with Crippen LogP contribution in [0.1, 0.15) is 43.8 Å². The van der Waals surface area contributed by atoms with E-state index in [-0.39, 0.29) is 5.41 Å². The molecule has 0 aliphatic carbocycles. The number of carbonyl (C=O) groups excluding carboxylic acids is 1. The van der Waals surface area contributed by atoms with E-state index >= 15 is 0 Å². The number of hydrogen-bond acceptors (Lipinski definition) is 3. The molecule has 0 saturated carbocycles. The summed E-state index contributed by atoms with van der Waals surface area (Å²) < 4.78 is 0. The average Bonchev–Trinajstić information content (AvgIpc) is 2.79. The van der Waals surface area contributed by atoms with Crippen molar-refractivity contribution in [3.63, 3.8) is 0 Å². The van der Waals surface area contributed by atoms with Gasteiger partial charge < -0.3 is 4.90 Å². The maximum atomic E-state index is 12.1. The Morgan fingerprint density at radius 3 is 2.95 bits per heavy atom. The first-order chi connectivity index (χ1) is 9.00. The Kier molecular flexibility index (Phi) is 4.85. The summed E-state index contributed by atoms with van der Waals surface area (Å²) in [5.41, 5.74) is 1.22. The summed E-state index contributed by atoms with van der Waals surface area (Å²) >= 11 is 7.38. The molecule has 1 aromatic heterocycles. The number of amides is 1. The maximum absolute atomic E-state index is 12.1. The first-order valence-electron chi connectivity index (χ1n) is 6.77. The molecule has 106 valence electrons. The zero-order valence-corrected chi connectivity index (χ0v) is 13.2. The molecule has 3 nitrogen and oxygen atoms in total. The van der Waals surface area contributed by atoms with Gasteiger partial charge in [-0.1, -0.05) is 13.8 Å². The van der Waals surface area contributed by atoms with Gasteiger partial charge in [-0.25, -0.2) is 4.98 Å². The van der Waals surface area contributed by atoms with Crippen LogP contribution in [0.2, 0.25) is 0 Å². The second-order valence-corrected chi connectivity index (χ2v) is 7.12. The van der Waals surface area contributed by atoms with Crippen molar-refractivity contribution in [2.24, 2.45) is 5.41 Å². The number of rotatable bonds is 4. The maximum Gasteiger partial charge on any atom is 0.222 e. The summed E-state index contributed by atoms with van der Waals surface area (Å²) in [7, 11) is 0. The van der Waals surface area contributed by atoms with E-state index in [9.17, 15) is 4.79 Å². The molecule has 1 amide bonds. The highest BCUT2D eigenvalue weighted by Gasteiger charge is 2.27. The minimum Gasteiger partial charge on any atom is -0.342 e. The highest BCUT2D eigenvalue weighted by Crippen LogP contribution is 2.30. The third-order valence-corrected chi connectivity index (χ3v) is 4.99. The van der Waals surface area contributed by atoms with Crippen molar-refractivity contribution < 1.29 is 4.79 Å². The van der Waals surface area contributed by atoms with Crippen LogP contribution in [0.5, 0.6) is 0 Å². The SMILES string of the molecule is CC1(C)CCC(=O)N(CCc2nc(CCl)cs2)CC1. The Morgan fingerprint density at radius 1 is 1.47 bits per heavy atom. The summed E-state index contributed by atoms with van der Waals surface area (Å²) in [4.78, 5) is 18.5. The van der Waals surface area contributed by atoms with Gasteiger partial charge in [-0.3, -0.25) is 4.79 Å². The molecule has 0 bridgehead atoms. The van der Waals surface area contributed by atoms with Gasteiger partial charge in [0.05, 0.1) is 16.6 Å². The summed E-state index contributed by atoms with van der Waals surface area (Å²) in [5, 5.41) is 3.07. The van der Waals surface area contributed by atoms with E-state index in [0.717, 1.165) is 43.1 Å². The monoisotopic (exact) mass is 300 g/mol. The van der Waals surface area contributed by atoms with Gasteiger partial charge in [0.2, 0.25) is 5.91 Å². The second kappa shape index (κ2) is 6.23. The van der Waals surface area contributed by atoms with Crippen LogP contribution in [0.15, 0.2) is 5.38 Å². The molecule has 2 heterocycles. The summed E-state index contributed by atoms with van der Waals surface area (Å²) in [6.07, 6.45) is 3.60. The molecule has 2 rings (SSSR count). The fraction of sp³-hybridized carbons (Fsp3) is 0.714. The quantitative estimate of drug-likeness (QED) is 0.798. The topological polar surface area (TPSA) is 33.2 Å². The van der Waals surface area contributed by atoms with Crippen molar-refractivity contribution in [1.29, 1.82) is 0 Å². The van der Waals surface area contributed by atoms with E-state index in [0.29, 0.717) is 18.2 Å². The van der Waals surface area contributed by atoms with Gasteiger partial charge >= 0.3 is 0 Å². The van der Waals surface area contributed by atoms with Crippen LogP contribution in [0.25, 0.3) is 0 Å². The third kappa shape index (κ3) is 4.18.